The average molecular weight is 378 g/mol. The maximum atomic E-state index is 13.1. The molecule has 1 aromatic carbocycles. The number of aryl methyl sites for hydroxylation is 2. The van der Waals surface area contributed by atoms with Gasteiger partial charge in [0.25, 0.3) is 5.56 Å². The van der Waals surface area contributed by atoms with E-state index in [1.807, 2.05) is 49.1 Å². The molecule has 0 unspecified atom stereocenters. The van der Waals surface area contributed by atoms with Gasteiger partial charge in [0.2, 0.25) is 5.91 Å². The van der Waals surface area contributed by atoms with Crippen molar-refractivity contribution in [3.63, 3.8) is 0 Å². The summed E-state index contributed by atoms with van der Waals surface area (Å²) in [7, 11) is 0. The van der Waals surface area contributed by atoms with Crippen LogP contribution in [0.2, 0.25) is 0 Å². The van der Waals surface area contributed by atoms with Crippen LogP contribution >= 0.6 is 0 Å². The predicted molar refractivity (Wildman–Crippen MR) is 108 cm³/mol. The lowest BCUT2D eigenvalue weighted by Gasteiger charge is -2.35. The van der Waals surface area contributed by atoms with Gasteiger partial charge in [-0.1, -0.05) is 29.8 Å². The summed E-state index contributed by atoms with van der Waals surface area (Å²) in [4.78, 5) is 32.1. The molecule has 0 aliphatic carbocycles. The van der Waals surface area contributed by atoms with E-state index < -0.39 is 0 Å². The number of benzene rings is 1. The summed E-state index contributed by atoms with van der Waals surface area (Å²) >= 11 is 0. The van der Waals surface area contributed by atoms with Gasteiger partial charge in [-0.25, -0.2) is 9.50 Å². The number of H-pyrrole nitrogens is 1. The fraction of sp³-hybridized carbons (Fsp3) is 0.409. The molecule has 4 rings (SSSR count). The van der Waals surface area contributed by atoms with Crippen LogP contribution in [0.15, 0.2) is 35.1 Å². The largest absolute Gasteiger partial charge is 0.334 e. The normalized spacial score (nSPS) is 17.2. The number of carbonyl (C=O) groups excluding carboxylic acids is 1. The van der Waals surface area contributed by atoms with E-state index in [9.17, 15) is 9.59 Å². The van der Waals surface area contributed by atoms with E-state index in [1.54, 1.807) is 6.92 Å². The van der Waals surface area contributed by atoms with Gasteiger partial charge in [0.15, 0.2) is 5.65 Å². The zero-order valence-electron chi connectivity index (χ0n) is 16.7. The highest BCUT2D eigenvalue weighted by Gasteiger charge is 2.29. The Bertz CT molecular complexity index is 1080. The van der Waals surface area contributed by atoms with Gasteiger partial charge in [0.1, 0.15) is 0 Å². The number of piperidine rings is 1. The molecule has 3 aromatic rings. The minimum absolute atomic E-state index is 0.0478. The van der Waals surface area contributed by atoms with Crippen molar-refractivity contribution < 1.29 is 4.79 Å². The third kappa shape index (κ3) is 3.35. The maximum absolute atomic E-state index is 13.1. The molecular weight excluding hydrogens is 352 g/mol. The van der Waals surface area contributed by atoms with Crippen molar-refractivity contribution in [2.75, 3.05) is 6.54 Å². The summed E-state index contributed by atoms with van der Waals surface area (Å²) in [6.45, 7) is 6.42. The molecule has 1 aliphatic heterocycles. The van der Waals surface area contributed by atoms with Crippen molar-refractivity contribution in [1.29, 1.82) is 0 Å². The third-order valence-corrected chi connectivity index (χ3v) is 5.76. The van der Waals surface area contributed by atoms with Crippen LogP contribution in [-0.2, 0) is 11.2 Å². The summed E-state index contributed by atoms with van der Waals surface area (Å²) in [6, 6.07) is 9.98. The molecule has 6 heteroatoms. The zero-order valence-corrected chi connectivity index (χ0v) is 16.7. The first-order valence-electron chi connectivity index (χ1n) is 9.88. The molecule has 1 atom stereocenters. The molecule has 3 heterocycles. The van der Waals surface area contributed by atoms with Gasteiger partial charge in [-0.2, -0.15) is 0 Å². The lowest BCUT2D eigenvalue weighted by atomic mass is 9.98. The zero-order chi connectivity index (χ0) is 19.8. The van der Waals surface area contributed by atoms with Gasteiger partial charge in [0.05, 0.1) is 18.2 Å². The molecule has 0 saturated carbocycles. The van der Waals surface area contributed by atoms with Gasteiger partial charge < -0.3 is 4.90 Å². The number of nitrogens with zero attached hydrogens (tertiary/aromatic N) is 3. The minimum Gasteiger partial charge on any atom is -0.334 e. The summed E-state index contributed by atoms with van der Waals surface area (Å²) in [5.74, 6) is 0.125. The number of rotatable bonds is 3. The Morgan fingerprint density at radius 3 is 2.68 bits per heavy atom. The fourth-order valence-corrected chi connectivity index (χ4v) is 3.94. The van der Waals surface area contributed by atoms with Crippen molar-refractivity contribution in [3.05, 3.63) is 68.8 Å². The molecule has 146 valence electrons. The molecule has 28 heavy (non-hydrogen) atoms. The Labute approximate surface area is 164 Å². The first kappa shape index (κ1) is 18.5. The average Bonchev–Trinajstić information content (AvgIpc) is 3.12. The Balaban J connectivity index is 1.64. The predicted octanol–water partition coefficient (Wildman–Crippen LogP) is 3.24. The second-order valence-corrected chi connectivity index (χ2v) is 7.79. The van der Waals surface area contributed by atoms with Gasteiger partial charge >= 0.3 is 0 Å². The SMILES string of the molecule is Cc1ccc(CC(=O)N2CCCC[C@@H]2c2cc3nc(C)c(C)c(=O)n3[nH]2)cc1. The number of aromatic amines is 1. The number of aromatic nitrogens is 3. The van der Waals surface area contributed by atoms with Crippen LogP contribution in [0.3, 0.4) is 0 Å². The van der Waals surface area contributed by atoms with Crippen LogP contribution < -0.4 is 5.56 Å². The van der Waals surface area contributed by atoms with Crippen molar-refractivity contribution in [2.45, 2.75) is 52.5 Å². The highest BCUT2D eigenvalue weighted by molar-refractivity contribution is 5.79. The molecule has 0 spiro atoms. The van der Waals surface area contributed by atoms with Crippen LogP contribution in [0.4, 0.5) is 0 Å². The molecular formula is C22H26N4O2. The molecule has 0 radical (unpaired) electrons. The number of nitrogens with one attached hydrogen (secondary N) is 1. The van der Waals surface area contributed by atoms with Crippen LogP contribution in [0, 0.1) is 20.8 Å². The summed E-state index contributed by atoms with van der Waals surface area (Å²) in [5.41, 5.74) is 5.01. The summed E-state index contributed by atoms with van der Waals surface area (Å²) in [6.07, 6.45) is 3.36. The molecule has 6 nitrogen and oxygen atoms in total. The van der Waals surface area contributed by atoms with Gasteiger partial charge in [-0.15, -0.1) is 0 Å². The Morgan fingerprint density at radius 2 is 1.93 bits per heavy atom. The third-order valence-electron chi connectivity index (χ3n) is 5.76. The lowest BCUT2D eigenvalue weighted by Crippen LogP contribution is -2.39. The number of carbonyl (C=O) groups is 1. The molecule has 1 N–H and O–H groups in total. The van der Waals surface area contributed by atoms with Gasteiger partial charge in [0, 0.05) is 23.9 Å². The van der Waals surface area contributed by atoms with Crippen LogP contribution in [0.1, 0.15) is 53.4 Å². The minimum atomic E-state index is -0.0814. The second-order valence-electron chi connectivity index (χ2n) is 7.79. The molecule has 1 aliphatic rings. The first-order chi connectivity index (χ1) is 13.4. The Morgan fingerprint density at radius 1 is 1.18 bits per heavy atom. The van der Waals surface area contributed by atoms with E-state index in [1.165, 1.54) is 10.1 Å². The van der Waals surface area contributed by atoms with E-state index in [0.29, 0.717) is 17.6 Å². The van der Waals surface area contributed by atoms with Crippen LogP contribution in [0.25, 0.3) is 5.65 Å². The second kappa shape index (κ2) is 7.26. The van der Waals surface area contributed by atoms with E-state index in [2.05, 4.69) is 10.1 Å². The van der Waals surface area contributed by atoms with E-state index in [-0.39, 0.29) is 17.5 Å². The quantitative estimate of drug-likeness (QED) is 0.761. The smallest absolute Gasteiger partial charge is 0.275 e. The van der Waals surface area contributed by atoms with E-state index >= 15 is 0 Å². The Hall–Kier alpha value is -2.89. The van der Waals surface area contributed by atoms with Gasteiger partial charge in [-0.05, 0) is 45.6 Å². The van der Waals surface area contributed by atoms with Crippen molar-refractivity contribution >= 4 is 11.6 Å². The van der Waals surface area contributed by atoms with Crippen LogP contribution in [0.5, 0.6) is 0 Å². The number of fused-ring (bicyclic) bond motifs is 1. The van der Waals surface area contributed by atoms with E-state index in [0.717, 1.165) is 42.8 Å². The van der Waals surface area contributed by atoms with E-state index in [4.69, 9.17) is 0 Å². The highest BCUT2D eigenvalue weighted by Crippen LogP contribution is 2.31. The first-order valence-corrected chi connectivity index (χ1v) is 9.88. The highest BCUT2D eigenvalue weighted by atomic mass is 16.2. The maximum Gasteiger partial charge on any atom is 0.275 e. The van der Waals surface area contributed by atoms with Gasteiger partial charge in [-0.3, -0.25) is 14.7 Å². The molecule has 1 fully saturated rings. The number of hydrogen-bond donors (Lipinski definition) is 1. The van der Waals surface area contributed by atoms with Crippen molar-refractivity contribution in [3.8, 4) is 0 Å². The lowest BCUT2D eigenvalue weighted by molar-refractivity contribution is -0.134. The van der Waals surface area contributed by atoms with Crippen molar-refractivity contribution in [1.82, 2.24) is 19.5 Å². The summed E-state index contributed by atoms with van der Waals surface area (Å²) < 4.78 is 1.49. The monoisotopic (exact) mass is 378 g/mol. The number of amides is 1. The standard InChI is InChI=1S/C22H26N4O2/c1-14-7-9-17(10-8-14)12-21(27)25-11-5-4-6-19(25)18-13-20-23-16(3)15(2)22(28)26(20)24-18/h7-10,13,19,24H,4-6,11-12H2,1-3H3/t19-/m1/s1. The Kier molecular flexibility index (Phi) is 4.79. The number of likely N-dealkylation sites (tertiary alicyclic amines) is 1. The fourth-order valence-electron chi connectivity index (χ4n) is 3.94. The van der Waals surface area contributed by atoms with Crippen molar-refractivity contribution in [2.24, 2.45) is 0 Å². The van der Waals surface area contributed by atoms with Crippen LogP contribution in [-0.4, -0.2) is 31.9 Å². The molecule has 1 saturated heterocycles. The number of hydrogen-bond acceptors (Lipinski definition) is 3. The topological polar surface area (TPSA) is 70.5 Å². The molecule has 0 bridgehead atoms. The molecule has 1 amide bonds. The molecule has 2 aromatic heterocycles. The summed E-state index contributed by atoms with van der Waals surface area (Å²) in [5, 5.41) is 3.21.